The lowest BCUT2D eigenvalue weighted by molar-refractivity contribution is -0.172. The molecule has 0 aromatic rings. The van der Waals surface area contributed by atoms with Gasteiger partial charge in [-0.05, 0) is 25.7 Å². The van der Waals surface area contributed by atoms with E-state index in [2.05, 4.69) is 0 Å². The van der Waals surface area contributed by atoms with E-state index < -0.39 is 11.7 Å². The van der Waals surface area contributed by atoms with Crippen molar-refractivity contribution in [3.8, 4) is 0 Å². The summed E-state index contributed by atoms with van der Waals surface area (Å²) in [6, 6.07) is 0. The van der Waals surface area contributed by atoms with E-state index in [0.29, 0.717) is 11.5 Å². The van der Waals surface area contributed by atoms with Crippen LogP contribution in [0.4, 0.5) is 0 Å². The molecule has 0 unspecified atom stereocenters. The van der Waals surface area contributed by atoms with E-state index in [4.69, 9.17) is 18.9 Å². The van der Waals surface area contributed by atoms with Crippen molar-refractivity contribution < 1.29 is 23.7 Å². The summed E-state index contributed by atoms with van der Waals surface area (Å²) in [7, 11) is 1.58. The van der Waals surface area contributed by atoms with Crippen molar-refractivity contribution in [2.24, 2.45) is 0 Å². The lowest BCUT2D eigenvalue weighted by Crippen LogP contribution is -2.45. The fourth-order valence-corrected chi connectivity index (χ4v) is 2.76. The van der Waals surface area contributed by atoms with Gasteiger partial charge in [0.2, 0.25) is 6.10 Å². The maximum atomic E-state index is 11.8. The number of hydrogen-bond acceptors (Lipinski definition) is 5. The van der Waals surface area contributed by atoms with Gasteiger partial charge < -0.3 is 18.9 Å². The van der Waals surface area contributed by atoms with Crippen LogP contribution in [0.3, 0.4) is 0 Å². The molecule has 1 saturated heterocycles. The third-order valence-electron chi connectivity index (χ3n) is 3.45. The first-order chi connectivity index (χ1) is 7.77. The lowest BCUT2D eigenvalue weighted by atomic mass is 9.94. The smallest absolute Gasteiger partial charge is 0.344 e. The molecule has 1 atom stereocenters. The van der Waals surface area contributed by atoms with E-state index in [0.717, 1.165) is 25.7 Å². The Balaban J connectivity index is 2.07. The third kappa shape index (κ3) is 1.18. The Morgan fingerprint density at radius 3 is 2.81 bits per heavy atom. The molecule has 2 aliphatic heterocycles. The molecule has 0 aromatic heterocycles. The van der Waals surface area contributed by atoms with E-state index in [1.165, 1.54) is 0 Å². The number of ether oxygens (including phenoxy) is 4. The molecule has 0 aromatic carbocycles. The topological polar surface area (TPSA) is 54.0 Å². The first kappa shape index (κ1) is 9.96. The van der Waals surface area contributed by atoms with Gasteiger partial charge in [-0.15, -0.1) is 0 Å². The molecular weight excluding hydrogens is 212 g/mol. The number of esters is 1. The Morgan fingerprint density at radius 1 is 1.38 bits per heavy atom. The Kier molecular flexibility index (Phi) is 2.10. The van der Waals surface area contributed by atoms with Gasteiger partial charge in [-0.1, -0.05) is 0 Å². The van der Waals surface area contributed by atoms with Gasteiger partial charge in [0.05, 0.1) is 7.11 Å². The molecule has 0 N–H and O–H groups in total. The number of rotatable bonds is 1. The minimum absolute atomic E-state index is 0.0953. The van der Waals surface area contributed by atoms with Crippen molar-refractivity contribution in [1.29, 1.82) is 0 Å². The molecule has 3 rings (SSSR count). The van der Waals surface area contributed by atoms with Gasteiger partial charge >= 0.3 is 5.97 Å². The van der Waals surface area contributed by atoms with Crippen LogP contribution in [0.1, 0.15) is 25.7 Å². The van der Waals surface area contributed by atoms with Crippen molar-refractivity contribution in [2.75, 3.05) is 13.9 Å². The van der Waals surface area contributed by atoms with Crippen LogP contribution in [-0.4, -0.2) is 31.6 Å². The highest BCUT2D eigenvalue weighted by Gasteiger charge is 2.54. The standard InChI is InChI=1S/C11H14O5/c1-13-9-7-8(15-6-14-7)10(12)16-11(9)4-2-3-5-11/h8H,2-6H2,1H3/t8-/m0/s1. The fourth-order valence-electron chi connectivity index (χ4n) is 2.76. The summed E-state index contributed by atoms with van der Waals surface area (Å²) in [4.78, 5) is 11.8. The number of methoxy groups -OCH3 is 1. The zero-order chi connectivity index (χ0) is 11.2. The van der Waals surface area contributed by atoms with Crippen LogP contribution in [0.2, 0.25) is 0 Å². The number of carbonyl (C=O) groups excluding carboxylic acids is 1. The quantitative estimate of drug-likeness (QED) is 0.626. The molecule has 3 aliphatic rings. The summed E-state index contributed by atoms with van der Waals surface area (Å²) in [6.07, 6.45) is 2.97. The molecule has 5 nitrogen and oxygen atoms in total. The molecule has 0 amide bonds. The average Bonchev–Trinajstić information content (AvgIpc) is 2.88. The van der Waals surface area contributed by atoms with Gasteiger partial charge in [0.1, 0.15) is 0 Å². The second-order valence-electron chi connectivity index (χ2n) is 4.33. The first-order valence-corrected chi connectivity index (χ1v) is 5.53. The monoisotopic (exact) mass is 226 g/mol. The molecule has 0 radical (unpaired) electrons. The Morgan fingerprint density at radius 2 is 2.12 bits per heavy atom. The summed E-state index contributed by atoms with van der Waals surface area (Å²) in [6.45, 7) is 0.0953. The van der Waals surface area contributed by atoms with Crippen LogP contribution < -0.4 is 0 Å². The van der Waals surface area contributed by atoms with Crippen molar-refractivity contribution >= 4 is 5.97 Å². The number of fused-ring (bicyclic) bond motifs is 1. The van der Waals surface area contributed by atoms with Crippen LogP contribution >= 0.6 is 0 Å². The number of hydrogen-bond donors (Lipinski definition) is 0. The predicted molar refractivity (Wildman–Crippen MR) is 52.2 cm³/mol. The van der Waals surface area contributed by atoms with Crippen LogP contribution in [0, 0.1) is 0 Å². The fraction of sp³-hybridized carbons (Fsp3) is 0.727. The van der Waals surface area contributed by atoms with Crippen molar-refractivity contribution in [1.82, 2.24) is 0 Å². The molecule has 16 heavy (non-hydrogen) atoms. The van der Waals surface area contributed by atoms with Gasteiger partial charge in [0.25, 0.3) is 0 Å². The molecular formula is C11H14O5. The van der Waals surface area contributed by atoms with Crippen LogP contribution in [-0.2, 0) is 23.7 Å². The molecule has 88 valence electrons. The molecule has 2 fully saturated rings. The Bertz CT molecular complexity index is 353. The predicted octanol–water partition coefficient (Wildman–Crippen LogP) is 1.09. The Hall–Kier alpha value is -1.23. The summed E-state index contributed by atoms with van der Waals surface area (Å²) < 4.78 is 21.4. The van der Waals surface area contributed by atoms with Crippen LogP contribution in [0.15, 0.2) is 11.5 Å². The second kappa shape index (κ2) is 3.38. The normalized spacial score (nSPS) is 31.3. The van der Waals surface area contributed by atoms with Crippen LogP contribution in [0.25, 0.3) is 0 Å². The highest BCUT2D eigenvalue weighted by molar-refractivity contribution is 5.80. The summed E-state index contributed by atoms with van der Waals surface area (Å²) in [5.74, 6) is 0.808. The molecule has 0 bridgehead atoms. The first-order valence-electron chi connectivity index (χ1n) is 5.53. The molecule has 1 spiro atoms. The van der Waals surface area contributed by atoms with Crippen LogP contribution in [0.5, 0.6) is 0 Å². The maximum absolute atomic E-state index is 11.8. The summed E-state index contributed by atoms with van der Waals surface area (Å²) >= 11 is 0. The van der Waals surface area contributed by atoms with E-state index in [1.54, 1.807) is 7.11 Å². The van der Waals surface area contributed by atoms with Gasteiger partial charge in [-0.3, -0.25) is 0 Å². The summed E-state index contributed by atoms with van der Waals surface area (Å²) in [5.41, 5.74) is -0.592. The zero-order valence-corrected chi connectivity index (χ0v) is 9.15. The van der Waals surface area contributed by atoms with E-state index in [9.17, 15) is 4.79 Å². The van der Waals surface area contributed by atoms with Gasteiger partial charge in [-0.2, -0.15) is 0 Å². The minimum atomic E-state index is -0.721. The van der Waals surface area contributed by atoms with E-state index in [1.807, 2.05) is 0 Å². The van der Waals surface area contributed by atoms with Gasteiger partial charge in [0.15, 0.2) is 23.9 Å². The van der Waals surface area contributed by atoms with Crippen molar-refractivity contribution in [3.63, 3.8) is 0 Å². The average molecular weight is 226 g/mol. The molecule has 2 heterocycles. The summed E-state index contributed by atoms with van der Waals surface area (Å²) in [5, 5.41) is 0. The minimum Gasteiger partial charge on any atom is -0.493 e. The van der Waals surface area contributed by atoms with E-state index in [-0.39, 0.29) is 12.8 Å². The largest absolute Gasteiger partial charge is 0.493 e. The third-order valence-corrected chi connectivity index (χ3v) is 3.45. The molecule has 1 saturated carbocycles. The van der Waals surface area contributed by atoms with Gasteiger partial charge in [0, 0.05) is 0 Å². The van der Waals surface area contributed by atoms with Crippen molar-refractivity contribution in [3.05, 3.63) is 11.5 Å². The lowest BCUT2D eigenvalue weighted by Gasteiger charge is -2.35. The highest BCUT2D eigenvalue weighted by atomic mass is 16.7. The zero-order valence-electron chi connectivity index (χ0n) is 9.15. The van der Waals surface area contributed by atoms with E-state index >= 15 is 0 Å². The van der Waals surface area contributed by atoms with Gasteiger partial charge in [-0.25, -0.2) is 4.79 Å². The maximum Gasteiger partial charge on any atom is 0.344 e. The SMILES string of the molecule is COC1=C2OCO[C@@H]2C(=O)OC12CCCC2. The Labute approximate surface area is 93.3 Å². The molecule has 5 heteroatoms. The second-order valence-corrected chi connectivity index (χ2v) is 4.33. The number of carbonyl (C=O) groups is 1. The highest BCUT2D eigenvalue weighted by Crippen LogP contribution is 2.46. The van der Waals surface area contributed by atoms with Crippen molar-refractivity contribution in [2.45, 2.75) is 37.4 Å². The molecule has 1 aliphatic carbocycles.